The predicted molar refractivity (Wildman–Crippen MR) is 51.3 cm³/mol. The van der Waals surface area contributed by atoms with E-state index in [0.29, 0.717) is 0 Å². The van der Waals surface area contributed by atoms with Crippen LogP contribution in [0.3, 0.4) is 0 Å². The van der Waals surface area contributed by atoms with Crippen molar-refractivity contribution in [2.45, 2.75) is 13.3 Å². The Hall–Kier alpha value is -1.37. The minimum atomic E-state index is 0.726. The second-order valence-corrected chi connectivity index (χ2v) is 2.68. The van der Waals surface area contributed by atoms with E-state index in [2.05, 4.69) is 13.5 Å². The molecule has 0 spiro atoms. The van der Waals surface area contributed by atoms with E-state index in [-0.39, 0.29) is 0 Å². The van der Waals surface area contributed by atoms with Gasteiger partial charge in [-0.05, 0) is 29.7 Å². The fourth-order valence-corrected chi connectivity index (χ4v) is 1.14. The molecule has 1 nitrogen and oxygen atoms in total. The van der Waals surface area contributed by atoms with Crippen LogP contribution in [0.5, 0.6) is 0 Å². The average Bonchev–Trinajstić information content (AvgIpc) is 2.16. The minimum Gasteiger partial charge on any atom is -0.298 e. The fourth-order valence-electron chi connectivity index (χ4n) is 1.14. The monoisotopic (exact) mass is 160 g/mol. The quantitative estimate of drug-likeness (QED) is 0.621. The van der Waals surface area contributed by atoms with Crippen LogP contribution in [0.4, 0.5) is 0 Å². The predicted octanol–water partition coefficient (Wildman–Crippen LogP) is 2.70. The molecule has 0 heterocycles. The lowest BCUT2D eigenvalue weighted by Crippen LogP contribution is -1.87. The first-order valence-electron chi connectivity index (χ1n) is 4.01. The number of aldehydes is 1. The molecule has 0 aliphatic heterocycles. The van der Waals surface area contributed by atoms with Crippen LogP contribution in [0.15, 0.2) is 24.8 Å². The Morgan fingerprint density at radius 1 is 1.33 bits per heavy atom. The van der Waals surface area contributed by atoms with Crippen molar-refractivity contribution >= 4 is 12.4 Å². The van der Waals surface area contributed by atoms with Gasteiger partial charge >= 0.3 is 0 Å². The number of carbonyl (C=O) groups excluding carboxylic acids is 1. The van der Waals surface area contributed by atoms with Gasteiger partial charge in [0.1, 0.15) is 6.29 Å². The molecular formula is C11H12O. The van der Waals surface area contributed by atoms with Crippen LogP contribution in [-0.2, 0) is 6.42 Å². The van der Waals surface area contributed by atoms with Crippen LogP contribution in [0.2, 0.25) is 0 Å². The molecule has 0 radical (unpaired) electrons. The largest absolute Gasteiger partial charge is 0.298 e. The lowest BCUT2D eigenvalue weighted by Gasteiger charge is -2.00. The highest BCUT2D eigenvalue weighted by Gasteiger charge is 1.95. The average molecular weight is 160 g/mol. The van der Waals surface area contributed by atoms with Crippen LogP contribution in [0.1, 0.15) is 28.4 Å². The molecule has 1 heteroatoms. The molecule has 0 saturated heterocycles. The van der Waals surface area contributed by atoms with Crippen LogP contribution < -0.4 is 0 Å². The summed E-state index contributed by atoms with van der Waals surface area (Å²) in [5, 5.41) is 0. The Balaban J connectivity index is 3.18. The third kappa shape index (κ3) is 1.82. The number of hydrogen-bond acceptors (Lipinski definition) is 1. The van der Waals surface area contributed by atoms with Crippen molar-refractivity contribution in [2.75, 3.05) is 0 Å². The van der Waals surface area contributed by atoms with Crippen molar-refractivity contribution in [3.63, 3.8) is 0 Å². The molecule has 0 fully saturated rings. The summed E-state index contributed by atoms with van der Waals surface area (Å²) >= 11 is 0. The van der Waals surface area contributed by atoms with E-state index in [1.807, 2.05) is 18.2 Å². The summed E-state index contributed by atoms with van der Waals surface area (Å²) in [7, 11) is 0. The molecule has 0 aliphatic carbocycles. The van der Waals surface area contributed by atoms with Crippen molar-refractivity contribution in [1.29, 1.82) is 0 Å². The van der Waals surface area contributed by atoms with Gasteiger partial charge < -0.3 is 0 Å². The fraction of sp³-hybridized carbons (Fsp3) is 0.182. The molecule has 1 aromatic carbocycles. The van der Waals surface area contributed by atoms with E-state index in [4.69, 9.17) is 0 Å². The number of hydrogen-bond donors (Lipinski definition) is 0. The van der Waals surface area contributed by atoms with Crippen molar-refractivity contribution < 1.29 is 4.79 Å². The molecule has 0 atom stereocenters. The highest BCUT2D eigenvalue weighted by Crippen LogP contribution is 2.10. The van der Waals surface area contributed by atoms with Crippen LogP contribution in [0.25, 0.3) is 6.08 Å². The molecule has 12 heavy (non-hydrogen) atoms. The Labute approximate surface area is 72.7 Å². The Bertz CT molecular complexity index is 274. The van der Waals surface area contributed by atoms with Crippen molar-refractivity contribution in [2.24, 2.45) is 0 Å². The molecule has 0 saturated carbocycles. The number of benzene rings is 1. The van der Waals surface area contributed by atoms with E-state index in [9.17, 15) is 4.79 Å². The van der Waals surface area contributed by atoms with E-state index >= 15 is 0 Å². The lowest BCUT2D eigenvalue weighted by atomic mass is 10.0. The molecule has 0 aromatic heterocycles. The van der Waals surface area contributed by atoms with Crippen LogP contribution in [0, 0.1) is 0 Å². The second kappa shape index (κ2) is 3.86. The maximum absolute atomic E-state index is 10.5. The van der Waals surface area contributed by atoms with Crippen LogP contribution in [-0.4, -0.2) is 6.29 Å². The molecule has 1 rings (SSSR count). The zero-order valence-corrected chi connectivity index (χ0v) is 7.21. The SMILES string of the molecule is C=Cc1cc(C=O)cc(CC)c1. The molecule has 0 amide bonds. The highest BCUT2D eigenvalue weighted by molar-refractivity contribution is 5.76. The van der Waals surface area contributed by atoms with Crippen molar-refractivity contribution in [1.82, 2.24) is 0 Å². The second-order valence-electron chi connectivity index (χ2n) is 2.68. The van der Waals surface area contributed by atoms with Gasteiger partial charge in [0.05, 0.1) is 0 Å². The van der Waals surface area contributed by atoms with Crippen molar-refractivity contribution in [3.05, 3.63) is 41.5 Å². The first kappa shape index (κ1) is 8.72. The van der Waals surface area contributed by atoms with Gasteiger partial charge in [-0.1, -0.05) is 25.6 Å². The summed E-state index contributed by atoms with van der Waals surface area (Å²) in [4.78, 5) is 10.5. The van der Waals surface area contributed by atoms with Gasteiger partial charge in [-0.15, -0.1) is 0 Å². The smallest absolute Gasteiger partial charge is 0.150 e. The molecule has 0 aliphatic rings. The van der Waals surface area contributed by atoms with Gasteiger partial charge in [-0.25, -0.2) is 0 Å². The van der Waals surface area contributed by atoms with Gasteiger partial charge in [0.15, 0.2) is 0 Å². The van der Waals surface area contributed by atoms with Gasteiger partial charge in [-0.2, -0.15) is 0 Å². The molecule has 0 N–H and O–H groups in total. The summed E-state index contributed by atoms with van der Waals surface area (Å²) in [5.41, 5.74) is 2.91. The molecule has 1 aromatic rings. The first-order valence-corrected chi connectivity index (χ1v) is 4.01. The normalized spacial score (nSPS) is 9.42. The topological polar surface area (TPSA) is 17.1 Å². The van der Waals surface area contributed by atoms with Gasteiger partial charge in [0.25, 0.3) is 0 Å². The van der Waals surface area contributed by atoms with E-state index < -0.39 is 0 Å². The number of aryl methyl sites for hydroxylation is 1. The minimum absolute atomic E-state index is 0.726. The van der Waals surface area contributed by atoms with Gasteiger partial charge in [-0.3, -0.25) is 4.79 Å². The van der Waals surface area contributed by atoms with E-state index in [1.165, 1.54) is 5.56 Å². The Morgan fingerprint density at radius 2 is 2.00 bits per heavy atom. The summed E-state index contributed by atoms with van der Waals surface area (Å²) in [5.74, 6) is 0. The summed E-state index contributed by atoms with van der Waals surface area (Å²) in [6.07, 6.45) is 3.57. The van der Waals surface area contributed by atoms with Crippen LogP contribution >= 0.6 is 0 Å². The Morgan fingerprint density at radius 3 is 2.50 bits per heavy atom. The molecule has 0 bridgehead atoms. The summed E-state index contributed by atoms with van der Waals surface area (Å²) < 4.78 is 0. The van der Waals surface area contributed by atoms with Gasteiger partial charge in [0, 0.05) is 5.56 Å². The molecule has 62 valence electrons. The molecule has 0 unspecified atom stereocenters. The van der Waals surface area contributed by atoms with E-state index in [1.54, 1.807) is 6.08 Å². The number of carbonyl (C=O) groups is 1. The van der Waals surface area contributed by atoms with Crippen molar-refractivity contribution in [3.8, 4) is 0 Å². The third-order valence-corrected chi connectivity index (χ3v) is 1.82. The van der Waals surface area contributed by atoms with E-state index in [0.717, 1.165) is 23.8 Å². The Kier molecular flexibility index (Phi) is 2.81. The zero-order chi connectivity index (χ0) is 8.97. The lowest BCUT2D eigenvalue weighted by molar-refractivity contribution is 0.112. The highest BCUT2D eigenvalue weighted by atomic mass is 16.1. The third-order valence-electron chi connectivity index (χ3n) is 1.82. The number of rotatable bonds is 3. The standard InChI is InChI=1S/C11H12O/c1-3-9-5-10(4-2)7-11(6-9)8-12/h3,5-8H,1,4H2,2H3. The first-order chi connectivity index (χ1) is 5.80. The zero-order valence-electron chi connectivity index (χ0n) is 7.21. The maximum atomic E-state index is 10.5. The molecular weight excluding hydrogens is 148 g/mol. The summed E-state index contributed by atoms with van der Waals surface area (Å²) in [6, 6.07) is 5.78. The summed E-state index contributed by atoms with van der Waals surface area (Å²) in [6.45, 7) is 5.73. The maximum Gasteiger partial charge on any atom is 0.150 e. The van der Waals surface area contributed by atoms with Gasteiger partial charge in [0.2, 0.25) is 0 Å².